The van der Waals surface area contributed by atoms with Crippen LogP contribution in [0.2, 0.25) is 0 Å². The van der Waals surface area contributed by atoms with Crippen LogP contribution in [0.5, 0.6) is 5.75 Å². The standard InChI is InChI=1S/C30H32N2O3/c1-20-17-21(2)28-26(18-20)27(30(33)31-15-8-16-34-4)22(3)29(32-28)24-11-13-25(14-12-24)35-19-23-9-6-5-7-10-23/h5-7,9-14,17-18H,8,15-16,19H2,1-4H3,(H,31,33). The molecule has 4 rings (SSSR count). The first-order valence-electron chi connectivity index (χ1n) is 11.9. The van der Waals surface area contributed by atoms with E-state index in [-0.39, 0.29) is 5.91 Å². The molecule has 0 saturated carbocycles. The van der Waals surface area contributed by atoms with Crippen LogP contribution in [0.3, 0.4) is 0 Å². The van der Waals surface area contributed by atoms with Crippen molar-refractivity contribution in [2.24, 2.45) is 0 Å². The number of aromatic nitrogens is 1. The number of hydrogen-bond acceptors (Lipinski definition) is 4. The molecule has 1 amide bonds. The van der Waals surface area contributed by atoms with Crippen molar-refractivity contribution in [2.75, 3.05) is 20.3 Å². The maximum absolute atomic E-state index is 13.3. The topological polar surface area (TPSA) is 60.5 Å². The number of ether oxygens (including phenoxy) is 2. The zero-order valence-corrected chi connectivity index (χ0v) is 20.9. The number of nitrogens with one attached hydrogen (secondary N) is 1. The number of carbonyl (C=O) groups is 1. The van der Waals surface area contributed by atoms with E-state index in [1.807, 2.05) is 75.4 Å². The van der Waals surface area contributed by atoms with Gasteiger partial charge in [0.1, 0.15) is 12.4 Å². The van der Waals surface area contributed by atoms with Crippen molar-refractivity contribution in [1.29, 1.82) is 0 Å². The Morgan fingerprint density at radius 2 is 1.71 bits per heavy atom. The molecule has 0 radical (unpaired) electrons. The van der Waals surface area contributed by atoms with Gasteiger partial charge in [0.15, 0.2) is 0 Å². The summed E-state index contributed by atoms with van der Waals surface area (Å²) in [5, 5.41) is 3.94. The van der Waals surface area contributed by atoms with E-state index in [9.17, 15) is 4.79 Å². The lowest BCUT2D eigenvalue weighted by molar-refractivity contribution is 0.0949. The molecule has 4 aromatic rings. The summed E-state index contributed by atoms with van der Waals surface area (Å²) in [6, 6.07) is 22.2. The molecular formula is C30H32N2O3. The fraction of sp³-hybridized carbons (Fsp3) is 0.267. The van der Waals surface area contributed by atoms with Gasteiger partial charge in [-0.05, 0) is 74.2 Å². The van der Waals surface area contributed by atoms with E-state index in [4.69, 9.17) is 14.5 Å². The Morgan fingerprint density at radius 1 is 0.971 bits per heavy atom. The number of hydrogen-bond donors (Lipinski definition) is 1. The number of fused-ring (bicyclic) bond motifs is 1. The molecule has 180 valence electrons. The first-order valence-corrected chi connectivity index (χ1v) is 11.9. The Hall–Kier alpha value is -3.70. The van der Waals surface area contributed by atoms with Crippen LogP contribution in [0.1, 0.15) is 39.0 Å². The Kier molecular flexibility index (Phi) is 7.78. The molecule has 1 heterocycles. The van der Waals surface area contributed by atoms with Gasteiger partial charge in [0.05, 0.1) is 16.8 Å². The molecule has 1 N–H and O–H groups in total. The Bertz CT molecular complexity index is 1320. The van der Waals surface area contributed by atoms with Gasteiger partial charge in [-0.2, -0.15) is 0 Å². The molecule has 35 heavy (non-hydrogen) atoms. The lowest BCUT2D eigenvalue weighted by atomic mass is 9.94. The Morgan fingerprint density at radius 3 is 2.43 bits per heavy atom. The first kappa shape index (κ1) is 24.4. The molecule has 0 atom stereocenters. The summed E-state index contributed by atoms with van der Waals surface area (Å²) in [4.78, 5) is 18.3. The second-order valence-corrected chi connectivity index (χ2v) is 8.84. The van der Waals surface area contributed by atoms with Crippen LogP contribution < -0.4 is 10.1 Å². The van der Waals surface area contributed by atoms with Gasteiger partial charge < -0.3 is 14.8 Å². The van der Waals surface area contributed by atoms with Gasteiger partial charge >= 0.3 is 0 Å². The highest BCUT2D eigenvalue weighted by atomic mass is 16.5. The maximum atomic E-state index is 13.3. The predicted octanol–water partition coefficient (Wildman–Crippen LogP) is 6.17. The molecule has 0 spiro atoms. The molecule has 5 heteroatoms. The molecule has 0 aliphatic carbocycles. The smallest absolute Gasteiger partial charge is 0.252 e. The van der Waals surface area contributed by atoms with Crippen molar-refractivity contribution in [3.8, 4) is 17.0 Å². The van der Waals surface area contributed by atoms with Gasteiger partial charge in [0.2, 0.25) is 0 Å². The van der Waals surface area contributed by atoms with Crippen LogP contribution in [-0.4, -0.2) is 31.2 Å². The van der Waals surface area contributed by atoms with Crippen molar-refractivity contribution in [2.45, 2.75) is 33.8 Å². The van der Waals surface area contributed by atoms with Gasteiger partial charge in [-0.3, -0.25) is 4.79 Å². The number of aryl methyl sites for hydroxylation is 2. The van der Waals surface area contributed by atoms with Crippen LogP contribution in [0.4, 0.5) is 0 Å². The average Bonchev–Trinajstić information content (AvgIpc) is 2.86. The summed E-state index contributed by atoms with van der Waals surface area (Å²) in [5.41, 5.74) is 7.43. The highest BCUT2D eigenvalue weighted by molar-refractivity contribution is 6.09. The summed E-state index contributed by atoms with van der Waals surface area (Å²) in [6.07, 6.45) is 0.764. The molecule has 5 nitrogen and oxygen atoms in total. The van der Waals surface area contributed by atoms with Crippen LogP contribution in [0.25, 0.3) is 22.2 Å². The van der Waals surface area contributed by atoms with Crippen LogP contribution in [-0.2, 0) is 11.3 Å². The molecule has 0 aliphatic heterocycles. The predicted molar refractivity (Wildman–Crippen MR) is 141 cm³/mol. The molecule has 0 bridgehead atoms. The van der Waals surface area contributed by atoms with Gasteiger partial charge in [0.25, 0.3) is 5.91 Å². The first-order chi connectivity index (χ1) is 17.0. The van der Waals surface area contributed by atoms with Crippen molar-refractivity contribution in [1.82, 2.24) is 10.3 Å². The number of pyridine rings is 1. The zero-order chi connectivity index (χ0) is 24.8. The van der Waals surface area contributed by atoms with E-state index in [1.165, 1.54) is 0 Å². The molecular weight excluding hydrogens is 436 g/mol. The summed E-state index contributed by atoms with van der Waals surface area (Å²) in [6.45, 7) is 7.75. The molecule has 0 aliphatic rings. The molecule has 0 unspecified atom stereocenters. The van der Waals surface area contributed by atoms with Crippen molar-refractivity contribution in [3.63, 3.8) is 0 Å². The maximum Gasteiger partial charge on any atom is 0.252 e. The molecule has 0 saturated heterocycles. The second kappa shape index (κ2) is 11.2. The third-order valence-corrected chi connectivity index (χ3v) is 6.08. The van der Waals surface area contributed by atoms with Crippen LogP contribution in [0.15, 0.2) is 66.7 Å². The fourth-order valence-electron chi connectivity index (χ4n) is 4.35. The van der Waals surface area contributed by atoms with E-state index in [2.05, 4.69) is 17.4 Å². The molecule has 0 fully saturated rings. The zero-order valence-electron chi connectivity index (χ0n) is 20.9. The third-order valence-electron chi connectivity index (χ3n) is 6.08. The molecule has 1 aromatic heterocycles. The number of carbonyl (C=O) groups excluding carboxylic acids is 1. The highest BCUT2D eigenvalue weighted by Gasteiger charge is 2.20. The van der Waals surface area contributed by atoms with E-state index in [1.54, 1.807) is 7.11 Å². The lowest BCUT2D eigenvalue weighted by Crippen LogP contribution is -2.26. The van der Waals surface area contributed by atoms with E-state index in [0.717, 1.165) is 56.6 Å². The van der Waals surface area contributed by atoms with Gasteiger partial charge in [0, 0.05) is 31.2 Å². The Balaban J connectivity index is 1.68. The summed E-state index contributed by atoms with van der Waals surface area (Å²) >= 11 is 0. The molecule has 3 aromatic carbocycles. The minimum atomic E-state index is -0.0833. The number of amides is 1. The highest BCUT2D eigenvalue weighted by Crippen LogP contribution is 2.32. The monoisotopic (exact) mass is 468 g/mol. The van der Waals surface area contributed by atoms with Crippen molar-refractivity contribution >= 4 is 16.8 Å². The van der Waals surface area contributed by atoms with E-state index < -0.39 is 0 Å². The van der Waals surface area contributed by atoms with Gasteiger partial charge in [-0.15, -0.1) is 0 Å². The van der Waals surface area contributed by atoms with E-state index in [0.29, 0.717) is 25.3 Å². The number of rotatable bonds is 9. The summed E-state index contributed by atoms with van der Waals surface area (Å²) < 4.78 is 11.1. The normalized spacial score (nSPS) is 11.0. The van der Waals surface area contributed by atoms with Crippen LogP contribution >= 0.6 is 0 Å². The largest absolute Gasteiger partial charge is 0.489 e. The van der Waals surface area contributed by atoms with E-state index >= 15 is 0 Å². The summed E-state index contributed by atoms with van der Waals surface area (Å²) in [7, 11) is 1.66. The SMILES string of the molecule is COCCCNC(=O)c1c(C)c(-c2ccc(OCc3ccccc3)cc2)nc2c(C)cc(C)cc12. The quantitative estimate of drug-likeness (QED) is 0.298. The van der Waals surface area contributed by atoms with Crippen molar-refractivity contribution in [3.05, 3.63) is 94.5 Å². The Labute approximate surface area is 207 Å². The van der Waals surface area contributed by atoms with Gasteiger partial charge in [-0.1, -0.05) is 42.0 Å². The summed E-state index contributed by atoms with van der Waals surface area (Å²) in [5.74, 6) is 0.707. The minimum absolute atomic E-state index is 0.0833. The minimum Gasteiger partial charge on any atom is -0.489 e. The van der Waals surface area contributed by atoms with Gasteiger partial charge in [-0.25, -0.2) is 4.98 Å². The van der Waals surface area contributed by atoms with Crippen molar-refractivity contribution < 1.29 is 14.3 Å². The second-order valence-electron chi connectivity index (χ2n) is 8.84. The third kappa shape index (κ3) is 5.69. The number of nitrogens with zero attached hydrogens (tertiary/aromatic N) is 1. The average molecular weight is 469 g/mol. The lowest BCUT2D eigenvalue weighted by Gasteiger charge is -2.17. The fourth-order valence-corrected chi connectivity index (χ4v) is 4.35. The number of benzene rings is 3. The van der Waals surface area contributed by atoms with Crippen LogP contribution in [0, 0.1) is 20.8 Å². The number of methoxy groups -OCH3 is 1.